The van der Waals surface area contributed by atoms with E-state index in [2.05, 4.69) is 40.8 Å². The van der Waals surface area contributed by atoms with Crippen molar-refractivity contribution in [2.24, 2.45) is 0 Å². The maximum Gasteiger partial charge on any atom is 0.319 e. The second-order valence-corrected chi connectivity index (χ2v) is 10.2. The number of nitrogens with one attached hydrogen (secondary N) is 2. The lowest BCUT2D eigenvalue weighted by atomic mass is 10.1. The zero-order valence-electron chi connectivity index (χ0n) is 20.5. The molecule has 2 N–H and O–H groups in total. The summed E-state index contributed by atoms with van der Waals surface area (Å²) in [7, 11) is 4.10. The van der Waals surface area contributed by atoms with Crippen LogP contribution in [-0.4, -0.2) is 36.4 Å². The minimum absolute atomic E-state index is 0.242. The van der Waals surface area contributed by atoms with Crippen LogP contribution in [0.4, 0.5) is 10.5 Å². The Hall–Kier alpha value is -3.36. The summed E-state index contributed by atoms with van der Waals surface area (Å²) in [6.07, 6.45) is 0. The van der Waals surface area contributed by atoms with E-state index in [0.717, 1.165) is 29.1 Å². The summed E-state index contributed by atoms with van der Waals surface area (Å²) in [5.41, 5.74) is 5.25. The standard InChI is InChI=1S/C27H31N3O4S/c1-18(20-7-12-25(33-3)26(14-20)34-4)28-27(31)29-23-8-10-24(11-9-23)35(32)17-19-5-6-21-15-30(2)16-22(21)13-19/h5-14,18H,15-17H2,1-4H3,(H2,28,29,31). The molecule has 0 bridgehead atoms. The highest BCUT2D eigenvalue weighted by Crippen LogP contribution is 2.30. The Kier molecular flexibility index (Phi) is 7.73. The predicted octanol–water partition coefficient (Wildman–Crippen LogP) is 4.84. The number of carbonyl (C=O) groups is 1. The Bertz CT molecular complexity index is 1230. The molecule has 3 aromatic rings. The summed E-state index contributed by atoms with van der Waals surface area (Å²) in [5, 5.41) is 5.75. The lowest BCUT2D eigenvalue weighted by Crippen LogP contribution is -2.31. The van der Waals surface area contributed by atoms with Crippen LogP contribution >= 0.6 is 0 Å². The first-order chi connectivity index (χ1) is 16.9. The SMILES string of the molecule is COc1ccc(C(C)NC(=O)Nc2ccc(S(=O)Cc3ccc4c(c3)CN(C)C4)cc2)cc1OC. The Balaban J connectivity index is 1.33. The number of benzene rings is 3. The third-order valence-corrected chi connectivity index (χ3v) is 7.47. The molecule has 2 amide bonds. The van der Waals surface area contributed by atoms with Gasteiger partial charge >= 0.3 is 6.03 Å². The second kappa shape index (κ2) is 10.9. The molecule has 3 aromatic carbocycles. The van der Waals surface area contributed by atoms with Gasteiger partial charge in [0.05, 0.1) is 36.8 Å². The monoisotopic (exact) mass is 493 g/mol. The number of urea groups is 1. The summed E-state index contributed by atoms with van der Waals surface area (Å²) < 4.78 is 23.5. The fourth-order valence-electron chi connectivity index (χ4n) is 4.20. The van der Waals surface area contributed by atoms with Crippen molar-refractivity contribution in [2.75, 3.05) is 26.6 Å². The minimum Gasteiger partial charge on any atom is -0.493 e. The van der Waals surface area contributed by atoms with Crippen molar-refractivity contribution in [1.82, 2.24) is 10.2 Å². The van der Waals surface area contributed by atoms with Crippen LogP contribution in [0.25, 0.3) is 0 Å². The summed E-state index contributed by atoms with van der Waals surface area (Å²) in [4.78, 5) is 15.5. The molecule has 2 unspecified atom stereocenters. The highest BCUT2D eigenvalue weighted by atomic mass is 32.2. The largest absolute Gasteiger partial charge is 0.493 e. The third-order valence-electron chi connectivity index (χ3n) is 6.08. The summed E-state index contributed by atoms with van der Waals surface area (Å²) >= 11 is 0. The van der Waals surface area contributed by atoms with E-state index in [0.29, 0.717) is 22.9 Å². The van der Waals surface area contributed by atoms with E-state index in [1.165, 1.54) is 11.1 Å². The van der Waals surface area contributed by atoms with Crippen LogP contribution in [0.1, 0.15) is 35.2 Å². The van der Waals surface area contributed by atoms with Gasteiger partial charge in [-0.05, 0) is 72.6 Å². The number of rotatable bonds is 8. The highest BCUT2D eigenvalue weighted by molar-refractivity contribution is 7.84. The Labute approximate surface area is 208 Å². The quantitative estimate of drug-likeness (QED) is 0.469. The van der Waals surface area contributed by atoms with Crippen LogP contribution in [0.5, 0.6) is 11.5 Å². The summed E-state index contributed by atoms with van der Waals surface area (Å²) in [6, 6.07) is 18.5. The fourth-order valence-corrected chi connectivity index (χ4v) is 5.29. The van der Waals surface area contributed by atoms with Crippen molar-refractivity contribution in [3.8, 4) is 11.5 Å². The van der Waals surface area contributed by atoms with Crippen LogP contribution in [0, 0.1) is 0 Å². The predicted molar refractivity (Wildman–Crippen MR) is 138 cm³/mol. The lowest BCUT2D eigenvalue weighted by molar-refractivity contribution is 0.249. The van der Waals surface area contributed by atoms with Gasteiger partial charge in [0.25, 0.3) is 0 Å². The van der Waals surface area contributed by atoms with Crippen LogP contribution < -0.4 is 20.1 Å². The molecular formula is C27H31N3O4S. The van der Waals surface area contributed by atoms with Gasteiger partial charge in [-0.3, -0.25) is 9.11 Å². The number of hydrogen-bond acceptors (Lipinski definition) is 5. The van der Waals surface area contributed by atoms with Crippen LogP contribution in [-0.2, 0) is 29.6 Å². The first-order valence-electron chi connectivity index (χ1n) is 11.4. The van der Waals surface area contributed by atoms with Gasteiger partial charge in [-0.2, -0.15) is 0 Å². The lowest BCUT2D eigenvalue weighted by Gasteiger charge is -2.17. The van der Waals surface area contributed by atoms with Crippen LogP contribution in [0.2, 0.25) is 0 Å². The van der Waals surface area contributed by atoms with Crippen molar-refractivity contribution in [1.29, 1.82) is 0 Å². The molecule has 2 atom stereocenters. The number of ether oxygens (including phenoxy) is 2. The van der Waals surface area contributed by atoms with Crippen molar-refractivity contribution >= 4 is 22.5 Å². The molecule has 0 radical (unpaired) electrons. The topological polar surface area (TPSA) is 79.9 Å². The number of fused-ring (bicyclic) bond motifs is 1. The summed E-state index contributed by atoms with van der Waals surface area (Å²) in [5.74, 6) is 1.71. The number of amides is 2. The number of carbonyl (C=O) groups excluding carboxylic acids is 1. The first kappa shape index (κ1) is 24.8. The van der Waals surface area contributed by atoms with Crippen LogP contribution in [0.3, 0.4) is 0 Å². The number of methoxy groups -OCH3 is 2. The molecule has 35 heavy (non-hydrogen) atoms. The molecule has 7 nitrogen and oxygen atoms in total. The molecule has 1 aliphatic rings. The zero-order chi connectivity index (χ0) is 24.9. The average Bonchev–Trinajstić information content (AvgIpc) is 3.23. The maximum atomic E-state index is 12.9. The van der Waals surface area contributed by atoms with Gasteiger partial charge in [0.2, 0.25) is 0 Å². The molecule has 1 aliphatic heterocycles. The normalized spacial score (nSPS) is 14.6. The van der Waals surface area contributed by atoms with Crippen LogP contribution in [0.15, 0.2) is 65.6 Å². The molecule has 0 saturated heterocycles. The van der Waals surface area contributed by atoms with Crippen molar-refractivity contribution < 1.29 is 18.5 Å². The molecule has 0 saturated carbocycles. The van der Waals surface area contributed by atoms with E-state index in [9.17, 15) is 9.00 Å². The van der Waals surface area contributed by atoms with Gasteiger partial charge in [-0.15, -0.1) is 0 Å². The van der Waals surface area contributed by atoms with Crippen molar-refractivity contribution in [3.63, 3.8) is 0 Å². The van der Waals surface area contributed by atoms with Gasteiger partial charge in [0, 0.05) is 23.7 Å². The zero-order valence-corrected chi connectivity index (χ0v) is 21.3. The molecule has 8 heteroatoms. The molecule has 4 rings (SSSR count). The van der Waals surface area contributed by atoms with E-state index in [-0.39, 0.29) is 12.1 Å². The molecule has 0 fully saturated rings. The Morgan fingerprint density at radius 3 is 2.40 bits per heavy atom. The average molecular weight is 494 g/mol. The maximum absolute atomic E-state index is 12.9. The van der Waals surface area contributed by atoms with Gasteiger partial charge in [-0.1, -0.05) is 24.3 Å². The fraction of sp³-hybridized carbons (Fsp3) is 0.296. The molecule has 184 valence electrons. The van der Waals surface area contributed by atoms with Gasteiger partial charge in [-0.25, -0.2) is 4.79 Å². The molecular weight excluding hydrogens is 462 g/mol. The Morgan fingerprint density at radius 1 is 0.971 bits per heavy atom. The first-order valence-corrected chi connectivity index (χ1v) is 12.7. The smallest absolute Gasteiger partial charge is 0.319 e. The Morgan fingerprint density at radius 2 is 1.69 bits per heavy atom. The molecule has 0 aromatic heterocycles. The minimum atomic E-state index is -1.16. The molecule has 0 aliphatic carbocycles. The third kappa shape index (κ3) is 6.01. The van der Waals surface area contributed by atoms with E-state index in [1.807, 2.05) is 25.1 Å². The van der Waals surface area contributed by atoms with E-state index < -0.39 is 10.8 Å². The van der Waals surface area contributed by atoms with Crippen molar-refractivity contribution in [2.45, 2.75) is 36.7 Å². The van der Waals surface area contributed by atoms with Crippen molar-refractivity contribution in [3.05, 3.63) is 82.9 Å². The number of anilines is 1. The number of hydrogen-bond donors (Lipinski definition) is 2. The van der Waals surface area contributed by atoms with E-state index >= 15 is 0 Å². The van der Waals surface area contributed by atoms with Gasteiger partial charge < -0.3 is 20.1 Å². The summed E-state index contributed by atoms with van der Waals surface area (Å²) in [6.45, 7) is 3.79. The van der Waals surface area contributed by atoms with E-state index in [1.54, 1.807) is 38.5 Å². The molecule has 0 spiro atoms. The second-order valence-electron chi connectivity index (χ2n) is 8.72. The highest BCUT2D eigenvalue weighted by Gasteiger charge is 2.17. The molecule has 1 heterocycles. The van der Waals surface area contributed by atoms with Gasteiger partial charge in [0.1, 0.15) is 0 Å². The van der Waals surface area contributed by atoms with E-state index in [4.69, 9.17) is 9.47 Å². The number of nitrogens with zero attached hydrogens (tertiary/aromatic N) is 1. The van der Waals surface area contributed by atoms with Gasteiger partial charge in [0.15, 0.2) is 11.5 Å².